The number of rotatable bonds is 2. The van der Waals surface area contributed by atoms with Crippen LogP contribution >= 0.6 is 0 Å². The van der Waals surface area contributed by atoms with Gasteiger partial charge < -0.3 is 21.4 Å². The van der Waals surface area contributed by atoms with Gasteiger partial charge in [-0.3, -0.25) is 9.20 Å². The molecule has 0 spiro atoms. The van der Waals surface area contributed by atoms with Gasteiger partial charge in [-0.25, -0.2) is 9.78 Å². The summed E-state index contributed by atoms with van der Waals surface area (Å²) in [6.07, 6.45) is 4.04. The minimum absolute atomic E-state index is 0.221. The van der Waals surface area contributed by atoms with Gasteiger partial charge >= 0.3 is 6.03 Å². The SMILES string of the molecule is Nc1ccc(NC(=O)Nc2ccc3c(c2)Cc2c-3[nH]c(=O)c3nccn23)cc1. The maximum absolute atomic E-state index is 12.3. The Morgan fingerprint density at radius 3 is 2.68 bits per heavy atom. The van der Waals surface area contributed by atoms with Gasteiger partial charge in [0.25, 0.3) is 5.56 Å². The molecule has 0 fully saturated rings. The fourth-order valence-corrected chi connectivity index (χ4v) is 3.55. The van der Waals surface area contributed by atoms with E-state index in [1.807, 2.05) is 22.6 Å². The van der Waals surface area contributed by atoms with Crippen molar-refractivity contribution in [1.29, 1.82) is 0 Å². The van der Waals surface area contributed by atoms with E-state index in [9.17, 15) is 9.59 Å². The van der Waals surface area contributed by atoms with Gasteiger partial charge in [-0.05, 0) is 42.0 Å². The highest BCUT2D eigenvalue weighted by Gasteiger charge is 2.23. The quantitative estimate of drug-likeness (QED) is 0.356. The minimum Gasteiger partial charge on any atom is -0.399 e. The van der Waals surface area contributed by atoms with Gasteiger partial charge in [0.1, 0.15) is 0 Å². The number of anilines is 3. The first kappa shape index (κ1) is 16.1. The van der Waals surface area contributed by atoms with E-state index in [0.29, 0.717) is 29.1 Å². The van der Waals surface area contributed by atoms with E-state index in [1.54, 1.807) is 36.7 Å². The molecule has 0 radical (unpaired) electrons. The molecular formula is C20H16N6O2. The molecule has 28 heavy (non-hydrogen) atoms. The number of nitrogens with two attached hydrogens (primary N) is 1. The molecule has 1 aliphatic carbocycles. The first-order chi connectivity index (χ1) is 13.6. The first-order valence-electron chi connectivity index (χ1n) is 8.73. The predicted octanol–water partition coefficient (Wildman–Crippen LogP) is 2.82. The number of carbonyl (C=O) groups excluding carboxylic acids is 1. The fraction of sp³-hybridized carbons (Fsp3) is 0.0500. The number of nitrogens with one attached hydrogen (secondary N) is 3. The lowest BCUT2D eigenvalue weighted by Crippen LogP contribution is -2.19. The number of nitrogens with zero attached hydrogens (tertiary/aromatic N) is 2. The van der Waals surface area contributed by atoms with Crippen LogP contribution in [0.1, 0.15) is 11.3 Å². The Bertz CT molecular complexity index is 1290. The molecule has 5 N–H and O–H groups in total. The highest BCUT2D eigenvalue weighted by molar-refractivity contribution is 6.00. The third kappa shape index (κ3) is 2.59. The molecule has 2 amide bonds. The number of fused-ring (bicyclic) bond motifs is 5. The maximum atomic E-state index is 12.3. The van der Waals surface area contributed by atoms with Gasteiger partial charge in [-0.15, -0.1) is 0 Å². The Labute approximate surface area is 159 Å². The van der Waals surface area contributed by atoms with E-state index in [2.05, 4.69) is 20.6 Å². The number of benzene rings is 2. The van der Waals surface area contributed by atoms with Crippen LogP contribution in [-0.2, 0) is 6.42 Å². The number of amides is 2. The highest BCUT2D eigenvalue weighted by Crippen LogP contribution is 2.35. The summed E-state index contributed by atoms with van der Waals surface area (Å²) in [5.74, 6) is 0. The molecule has 8 nitrogen and oxygen atoms in total. The molecule has 0 bridgehead atoms. The number of hydrogen-bond acceptors (Lipinski definition) is 4. The average Bonchev–Trinajstić information content (AvgIpc) is 3.29. The number of urea groups is 1. The molecule has 0 atom stereocenters. The molecule has 2 aromatic carbocycles. The number of aromatic amines is 1. The van der Waals surface area contributed by atoms with E-state index in [4.69, 9.17) is 5.73 Å². The zero-order valence-corrected chi connectivity index (χ0v) is 14.7. The second-order valence-corrected chi connectivity index (χ2v) is 6.65. The normalized spacial score (nSPS) is 11.9. The van der Waals surface area contributed by atoms with E-state index in [-0.39, 0.29) is 11.6 Å². The van der Waals surface area contributed by atoms with Crippen LogP contribution in [0.3, 0.4) is 0 Å². The van der Waals surface area contributed by atoms with E-state index >= 15 is 0 Å². The van der Waals surface area contributed by atoms with Crippen LogP contribution in [-0.4, -0.2) is 20.4 Å². The second kappa shape index (κ2) is 5.98. The van der Waals surface area contributed by atoms with Crippen LogP contribution in [0.2, 0.25) is 0 Å². The van der Waals surface area contributed by atoms with Gasteiger partial charge in [0.15, 0.2) is 0 Å². The molecule has 2 heterocycles. The Morgan fingerprint density at radius 2 is 1.86 bits per heavy atom. The molecular weight excluding hydrogens is 356 g/mol. The van der Waals surface area contributed by atoms with Crippen molar-refractivity contribution >= 4 is 28.7 Å². The summed E-state index contributed by atoms with van der Waals surface area (Å²) >= 11 is 0. The Kier molecular flexibility index (Phi) is 3.45. The van der Waals surface area contributed by atoms with Crippen molar-refractivity contribution in [3.05, 3.63) is 76.5 Å². The smallest absolute Gasteiger partial charge is 0.323 e. The molecule has 1 aliphatic rings. The lowest BCUT2D eigenvalue weighted by molar-refractivity contribution is 0.262. The van der Waals surface area contributed by atoms with Crippen molar-refractivity contribution in [2.45, 2.75) is 6.42 Å². The van der Waals surface area contributed by atoms with Gasteiger partial charge in [0.05, 0.1) is 11.4 Å². The minimum atomic E-state index is -0.342. The topological polar surface area (TPSA) is 117 Å². The van der Waals surface area contributed by atoms with E-state index in [0.717, 1.165) is 22.5 Å². The summed E-state index contributed by atoms with van der Waals surface area (Å²) in [6, 6.07) is 12.2. The molecule has 0 saturated carbocycles. The Hall–Kier alpha value is -4.07. The molecule has 8 heteroatoms. The second-order valence-electron chi connectivity index (χ2n) is 6.65. The van der Waals surface area contributed by atoms with Crippen molar-refractivity contribution in [1.82, 2.24) is 14.4 Å². The number of hydrogen-bond donors (Lipinski definition) is 4. The number of carbonyl (C=O) groups is 1. The monoisotopic (exact) mass is 372 g/mol. The number of aromatic nitrogens is 3. The van der Waals surface area contributed by atoms with Crippen molar-refractivity contribution in [3.63, 3.8) is 0 Å². The molecule has 0 aliphatic heterocycles. The number of H-pyrrole nitrogens is 1. The van der Waals surface area contributed by atoms with Gasteiger partial charge in [-0.1, -0.05) is 6.07 Å². The van der Waals surface area contributed by atoms with Crippen LogP contribution in [0.15, 0.2) is 59.7 Å². The zero-order valence-electron chi connectivity index (χ0n) is 14.7. The fourth-order valence-electron chi connectivity index (χ4n) is 3.55. The predicted molar refractivity (Wildman–Crippen MR) is 108 cm³/mol. The van der Waals surface area contributed by atoms with Crippen LogP contribution < -0.4 is 21.9 Å². The average molecular weight is 372 g/mol. The third-order valence-corrected chi connectivity index (χ3v) is 4.82. The summed E-state index contributed by atoms with van der Waals surface area (Å²) < 4.78 is 1.81. The molecule has 4 aromatic rings. The molecule has 5 rings (SSSR count). The summed E-state index contributed by atoms with van der Waals surface area (Å²) in [6.45, 7) is 0. The first-order valence-corrected chi connectivity index (χ1v) is 8.73. The standard InChI is InChI=1S/C20H16N6O2/c21-12-1-3-13(4-2-12)23-20(28)24-14-5-6-15-11(9-14)10-16-17(15)25-19(27)18-22-7-8-26(16)18/h1-9H,10,21H2,(H,25,27)(H2,23,24,28). The Balaban J connectivity index is 1.41. The van der Waals surface area contributed by atoms with Gasteiger partial charge in [-0.2, -0.15) is 0 Å². The molecule has 2 aromatic heterocycles. The highest BCUT2D eigenvalue weighted by atomic mass is 16.2. The summed E-state index contributed by atoms with van der Waals surface area (Å²) in [7, 11) is 0. The van der Waals surface area contributed by atoms with Crippen molar-refractivity contribution in [3.8, 4) is 11.3 Å². The summed E-state index contributed by atoms with van der Waals surface area (Å²) in [5.41, 5.74) is 11.5. The largest absolute Gasteiger partial charge is 0.399 e. The lowest BCUT2D eigenvalue weighted by atomic mass is 10.1. The van der Waals surface area contributed by atoms with E-state index in [1.165, 1.54) is 0 Å². The van der Waals surface area contributed by atoms with Crippen molar-refractivity contribution in [2.24, 2.45) is 0 Å². The lowest BCUT2D eigenvalue weighted by Gasteiger charge is -2.09. The van der Waals surface area contributed by atoms with Crippen LogP contribution in [0.4, 0.5) is 21.9 Å². The van der Waals surface area contributed by atoms with Crippen LogP contribution in [0, 0.1) is 0 Å². The third-order valence-electron chi connectivity index (χ3n) is 4.82. The van der Waals surface area contributed by atoms with Crippen LogP contribution in [0.5, 0.6) is 0 Å². The number of nitrogen functional groups attached to an aromatic ring is 1. The van der Waals surface area contributed by atoms with Crippen molar-refractivity contribution < 1.29 is 4.79 Å². The summed E-state index contributed by atoms with van der Waals surface area (Å²) in [4.78, 5) is 31.5. The van der Waals surface area contributed by atoms with E-state index < -0.39 is 0 Å². The molecule has 0 unspecified atom stereocenters. The van der Waals surface area contributed by atoms with Gasteiger partial charge in [0, 0.05) is 41.4 Å². The van der Waals surface area contributed by atoms with Gasteiger partial charge in [0.2, 0.25) is 5.65 Å². The van der Waals surface area contributed by atoms with Crippen molar-refractivity contribution in [2.75, 3.05) is 16.4 Å². The van der Waals surface area contributed by atoms with Crippen LogP contribution in [0.25, 0.3) is 16.9 Å². The summed E-state index contributed by atoms with van der Waals surface area (Å²) in [5, 5.41) is 5.60. The molecule has 0 saturated heterocycles. The Morgan fingerprint density at radius 1 is 1.11 bits per heavy atom. The zero-order chi connectivity index (χ0) is 19.3. The molecule has 138 valence electrons. The maximum Gasteiger partial charge on any atom is 0.323 e. The number of imidazole rings is 1.